The summed E-state index contributed by atoms with van der Waals surface area (Å²) in [5, 5.41) is 10.4. The Bertz CT molecular complexity index is 758. The van der Waals surface area contributed by atoms with Crippen molar-refractivity contribution in [1.29, 1.82) is 0 Å². The number of hydrogen-bond acceptors (Lipinski definition) is 4. The number of nitrogens with zero attached hydrogens (tertiary/aromatic N) is 2. The van der Waals surface area contributed by atoms with Crippen molar-refractivity contribution in [2.75, 3.05) is 0 Å². The second-order valence-electron chi connectivity index (χ2n) is 6.74. The Labute approximate surface area is 128 Å². The fraction of sp³-hybridized carbons (Fsp3) is 0.625. The van der Waals surface area contributed by atoms with E-state index in [2.05, 4.69) is 25.8 Å². The molecule has 0 aliphatic heterocycles. The van der Waals surface area contributed by atoms with Gasteiger partial charge in [0.05, 0.1) is 5.39 Å². The molecule has 0 spiro atoms. The van der Waals surface area contributed by atoms with Crippen LogP contribution in [0.15, 0.2) is 4.79 Å². The summed E-state index contributed by atoms with van der Waals surface area (Å²) in [5.74, 6) is 1.01. The first kappa shape index (κ1) is 14.6. The standard InChI is InChI=1S/C16H22N2O2S/c1-5-16(3,4)10-6-7-11-12(8-10)21-14-13(11)15(19)18(20)9(2)17-14/h10,20H,5-8H2,1-4H3/t10-/m0/s1. The fourth-order valence-corrected chi connectivity index (χ4v) is 4.61. The number of aromatic nitrogens is 2. The van der Waals surface area contributed by atoms with E-state index in [0.29, 0.717) is 27.3 Å². The first-order chi connectivity index (χ1) is 9.85. The van der Waals surface area contributed by atoms with Gasteiger partial charge >= 0.3 is 0 Å². The summed E-state index contributed by atoms with van der Waals surface area (Å²) in [6.07, 6.45) is 4.22. The van der Waals surface area contributed by atoms with Gasteiger partial charge in [-0.05, 0) is 43.1 Å². The Hall–Kier alpha value is -1.36. The van der Waals surface area contributed by atoms with Crippen LogP contribution >= 0.6 is 11.3 Å². The molecule has 2 aromatic rings. The third-order valence-corrected chi connectivity index (χ3v) is 6.39. The van der Waals surface area contributed by atoms with Gasteiger partial charge in [0.15, 0.2) is 0 Å². The minimum atomic E-state index is -0.316. The van der Waals surface area contributed by atoms with Crippen molar-refractivity contribution in [3.05, 3.63) is 26.6 Å². The van der Waals surface area contributed by atoms with Crippen LogP contribution in [0.1, 0.15) is 49.9 Å². The summed E-state index contributed by atoms with van der Waals surface area (Å²) >= 11 is 1.63. The van der Waals surface area contributed by atoms with Crippen LogP contribution < -0.4 is 5.56 Å². The molecule has 0 unspecified atom stereocenters. The van der Waals surface area contributed by atoms with Gasteiger partial charge in [0, 0.05) is 4.88 Å². The van der Waals surface area contributed by atoms with E-state index < -0.39 is 0 Å². The van der Waals surface area contributed by atoms with Gasteiger partial charge in [0.25, 0.3) is 5.56 Å². The van der Waals surface area contributed by atoms with Crippen LogP contribution in [0.3, 0.4) is 0 Å². The summed E-state index contributed by atoms with van der Waals surface area (Å²) in [7, 11) is 0. The Morgan fingerprint density at radius 3 is 2.86 bits per heavy atom. The Morgan fingerprint density at radius 1 is 1.48 bits per heavy atom. The van der Waals surface area contributed by atoms with Crippen molar-refractivity contribution in [3.8, 4) is 0 Å². The third kappa shape index (κ3) is 2.18. The molecule has 2 heterocycles. The van der Waals surface area contributed by atoms with E-state index in [1.54, 1.807) is 18.3 Å². The lowest BCUT2D eigenvalue weighted by Gasteiger charge is -2.36. The molecule has 0 aromatic carbocycles. The molecule has 1 N–H and O–H groups in total. The highest BCUT2D eigenvalue weighted by Gasteiger charge is 2.33. The maximum Gasteiger partial charge on any atom is 0.295 e. The molecule has 114 valence electrons. The fourth-order valence-electron chi connectivity index (χ4n) is 3.27. The average Bonchev–Trinajstić information content (AvgIpc) is 2.81. The van der Waals surface area contributed by atoms with Gasteiger partial charge in [0.2, 0.25) is 0 Å². The summed E-state index contributed by atoms with van der Waals surface area (Å²) in [5.41, 5.74) is 1.13. The van der Waals surface area contributed by atoms with Crippen LogP contribution in [0.4, 0.5) is 0 Å². The smallest absolute Gasteiger partial charge is 0.295 e. The molecule has 1 aliphatic carbocycles. The number of thiophene rings is 1. The second-order valence-corrected chi connectivity index (χ2v) is 7.83. The van der Waals surface area contributed by atoms with Crippen molar-refractivity contribution in [2.45, 2.75) is 53.4 Å². The van der Waals surface area contributed by atoms with Crippen molar-refractivity contribution < 1.29 is 5.21 Å². The Balaban J connectivity index is 2.12. The van der Waals surface area contributed by atoms with E-state index in [1.165, 1.54) is 11.3 Å². The maximum atomic E-state index is 12.3. The van der Waals surface area contributed by atoms with E-state index in [0.717, 1.165) is 29.7 Å². The zero-order chi connectivity index (χ0) is 15.4. The van der Waals surface area contributed by atoms with Crippen molar-refractivity contribution in [2.24, 2.45) is 11.3 Å². The van der Waals surface area contributed by atoms with E-state index in [4.69, 9.17) is 0 Å². The number of hydrogen-bond donors (Lipinski definition) is 1. The monoisotopic (exact) mass is 306 g/mol. The molecule has 0 radical (unpaired) electrons. The highest BCUT2D eigenvalue weighted by atomic mass is 32.1. The summed E-state index contributed by atoms with van der Waals surface area (Å²) in [6, 6.07) is 0. The number of aryl methyl sites for hydroxylation is 2. The zero-order valence-corrected chi connectivity index (χ0v) is 13.9. The Morgan fingerprint density at radius 2 is 2.19 bits per heavy atom. The molecule has 21 heavy (non-hydrogen) atoms. The highest BCUT2D eigenvalue weighted by Crippen LogP contribution is 2.43. The Kier molecular flexibility index (Phi) is 3.35. The second kappa shape index (κ2) is 4.83. The van der Waals surface area contributed by atoms with Gasteiger partial charge in [-0.3, -0.25) is 4.79 Å². The van der Waals surface area contributed by atoms with E-state index in [9.17, 15) is 10.0 Å². The third-order valence-electron chi connectivity index (χ3n) is 5.24. The van der Waals surface area contributed by atoms with Crippen molar-refractivity contribution in [1.82, 2.24) is 9.71 Å². The van der Waals surface area contributed by atoms with Gasteiger partial charge in [-0.15, -0.1) is 16.1 Å². The largest absolute Gasteiger partial charge is 0.424 e. The molecule has 0 fully saturated rings. The topological polar surface area (TPSA) is 55.1 Å². The maximum absolute atomic E-state index is 12.3. The van der Waals surface area contributed by atoms with Gasteiger partial charge in [-0.1, -0.05) is 27.2 Å². The molecular formula is C16H22N2O2S. The minimum absolute atomic E-state index is 0.316. The molecule has 0 amide bonds. The van der Waals surface area contributed by atoms with Gasteiger partial charge in [0.1, 0.15) is 10.7 Å². The average molecular weight is 306 g/mol. The molecule has 0 bridgehead atoms. The lowest BCUT2D eigenvalue weighted by atomic mass is 9.70. The molecule has 1 atom stereocenters. The lowest BCUT2D eigenvalue weighted by molar-refractivity contribution is 0.165. The van der Waals surface area contributed by atoms with Crippen molar-refractivity contribution >= 4 is 21.6 Å². The predicted octanol–water partition coefficient (Wildman–Crippen LogP) is 3.54. The van der Waals surface area contributed by atoms with Gasteiger partial charge in [-0.2, -0.15) is 0 Å². The SMILES string of the molecule is CCC(C)(C)[C@H]1CCc2c(sc3nc(C)n(O)c(=O)c23)C1. The van der Waals surface area contributed by atoms with Crippen LogP contribution in [0.2, 0.25) is 0 Å². The van der Waals surface area contributed by atoms with E-state index in [-0.39, 0.29) is 5.56 Å². The first-order valence-electron chi connectivity index (χ1n) is 7.58. The quantitative estimate of drug-likeness (QED) is 0.863. The number of fused-ring (bicyclic) bond motifs is 3. The van der Waals surface area contributed by atoms with Crippen LogP contribution in [-0.2, 0) is 12.8 Å². The van der Waals surface area contributed by atoms with E-state index >= 15 is 0 Å². The molecule has 4 nitrogen and oxygen atoms in total. The van der Waals surface area contributed by atoms with Crippen molar-refractivity contribution in [3.63, 3.8) is 0 Å². The lowest BCUT2D eigenvalue weighted by Crippen LogP contribution is -2.29. The molecule has 3 rings (SSSR count). The molecule has 0 saturated carbocycles. The molecule has 2 aromatic heterocycles. The summed E-state index contributed by atoms with van der Waals surface area (Å²) in [6.45, 7) is 8.57. The minimum Gasteiger partial charge on any atom is -0.424 e. The molecule has 1 aliphatic rings. The van der Waals surface area contributed by atoms with Crippen LogP contribution in [-0.4, -0.2) is 14.9 Å². The van der Waals surface area contributed by atoms with Crippen LogP contribution in [0, 0.1) is 18.3 Å². The first-order valence-corrected chi connectivity index (χ1v) is 8.40. The number of rotatable bonds is 2. The van der Waals surface area contributed by atoms with E-state index in [1.807, 2.05) is 0 Å². The highest BCUT2D eigenvalue weighted by molar-refractivity contribution is 7.18. The van der Waals surface area contributed by atoms with Gasteiger partial charge in [-0.25, -0.2) is 4.98 Å². The molecule has 5 heteroatoms. The van der Waals surface area contributed by atoms with Gasteiger partial charge < -0.3 is 5.21 Å². The molecular weight excluding hydrogens is 284 g/mol. The molecule has 0 saturated heterocycles. The summed E-state index contributed by atoms with van der Waals surface area (Å²) < 4.78 is 0.678. The predicted molar refractivity (Wildman–Crippen MR) is 85.4 cm³/mol. The summed E-state index contributed by atoms with van der Waals surface area (Å²) in [4.78, 5) is 18.7. The van der Waals surface area contributed by atoms with Crippen LogP contribution in [0.5, 0.6) is 0 Å². The normalized spacial score (nSPS) is 19.0. The zero-order valence-electron chi connectivity index (χ0n) is 13.1. The van der Waals surface area contributed by atoms with Crippen LogP contribution in [0.25, 0.3) is 10.2 Å².